The Morgan fingerprint density at radius 1 is 0.559 bits per heavy atom. The van der Waals surface area contributed by atoms with Crippen molar-refractivity contribution in [3.63, 3.8) is 0 Å². The highest BCUT2D eigenvalue weighted by Crippen LogP contribution is 2.46. The number of hydrogen-bond acceptors (Lipinski definition) is 3. The van der Waals surface area contributed by atoms with Crippen LogP contribution in [0.25, 0.3) is 52.8 Å². The molecule has 0 saturated carbocycles. The fraction of sp³-hybridized carbons (Fsp3) is 0. The monoisotopic (exact) mass is 453 g/mol. The SMILES string of the molecule is c1ccc(-c2c3ccccc3c(Oc3cccc4c3sc3ccccc34)c3ccncc23)cc1. The number of nitrogens with zero attached hydrogens (tertiary/aromatic N) is 1. The lowest BCUT2D eigenvalue weighted by molar-refractivity contribution is 0.500. The Bertz CT molecular complexity index is 1780. The fourth-order valence-electron chi connectivity index (χ4n) is 4.92. The predicted octanol–water partition coefficient (Wildman–Crippen LogP) is 9.22. The van der Waals surface area contributed by atoms with Crippen LogP contribution in [0, 0.1) is 0 Å². The maximum Gasteiger partial charge on any atom is 0.145 e. The normalized spacial score (nSPS) is 11.5. The van der Waals surface area contributed by atoms with Gasteiger partial charge in [0.1, 0.15) is 11.5 Å². The summed E-state index contributed by atoms with van der Waals surface area (Å²) in [6, 6.07) is 36.0. The highest BCUT2D eigenvalue weighted by atomic mass is 32.1. The van der Waals surface area contributed by atoms with E-state index in [0.29, 0.717) is 0 Å². The molecule has 0 saturated heterocycles. The van der Waals surface area contributed by atoms with Crippen molar-refractivity contribution in [2.24, 2.45) is 0 Å². The maximum absolute atomic E-state index is 6.82. The molecule has 160 valence electrons. The number of ether oxygens (including phenoxy) is 1. The molecule has 3 heteroatoms. The summed E-state index contributed by atoms with van der Waals surface area (Å²) >= 11 is 1.78. The van der Waals surface area contributed by atoms with Gasteiger partial charge in [0.05, 0.1) is 4.70 Å². The molecule has 5 aromatic carbocycles. The molecule has 0 unspecified atom stereocenters. The van der Waals surface area contributed by atoms with Crippen molar-refractivity contribution >= 4 is 53.1 Å². The first-order chi connectivity index (χ1) is 16.9. The van der Waals surface area contributed by atoms with E-state index in [4.69, 9.17) is 4.74 Å². The molecule has 0 atom stereocenters. The Kier molecular flexibility index (Phi) is 4.36. The van der Waals surface area contributed by atoms with Gasteiger partial charge in [0.25, 0.3) is 0 Å². The molecule has 2 heterocycles. The summed E-state index contributed by atoms with van der Waals surface area (Å²) < 4.78 is 9.26. The van der Waals surface area contributed by atoms with Gasteiger partial charge in [0.15, 0.2) is 0 Å². The molecule has 0 spiro atoms. The Balaban J connectivity index is 1.54. The average Bonchev–Trinajstić information content (AvgIpc) is 3.29. The van der Waals surface area contributed by atoms with Gasteiger partial charge in [0.2, 0.25) is 0 Å². The molecule has 2 nitrogen and oxygen atoms in total. The molecular formula is C31H19NOS. The number of thiophene rings is 1. The van der Waals surface area contributed by atoms with E-state index in [1.807, 2.05) is 12.4 Å². The molecule has 0 bridgehead atoms. The van der Waals surface area contributed by atoms with Crippen molar-refractivity contribution in [3.05, 3.63) is 116 Å². The van der Waals surface area contributed by atoms with E-state index in [0.717, 1.165) is 33.0 Å². The standard InChI is InChI=1S/C31H19NOS/c1-2-9-20(10-3-1)29-22-12-4-5-13-23(22)30(24-17-18-32-19-26(24)29)33-27-15-8-14-25-21-11-6-7-16-28(21)34-31(25)27/h1-19H. The third kappa shape index (κ3) is 2.91. The molecule has 0 radical (unpaired) electrons. The van der Waals surface area contributed by atoms with Crippen molar-refractivity contribution in [2.45, 2.75) is 0 Å². The first-order valence-electron chi connectivity index (χ1n) is 11.3. The summed E-state index contributed by atoms with van der Waals surface area (Å²) in [7, 11) is 0. The van der Waals surface area contributed by atoms with Crippen LogP contribution in [0.2, 0.25) is 0 Å². The van der Waals surface area contributed by atoms with Gasteiger partial charge >= 0.3 is 0 Å². The van der Waals surface area contributed by atoms with Crippen LogP contribution in [0.1, 0.15) is 0 Å². The Morgan fingerprint density at radius 3 is 2.15 bits per heavy atom. The first-order valence-corrected chi connectivity index (χ1v) is 12.1. The minimum absolute atomic E-state index is 0.873. The Hall–Kier alpha value is -4.21. The van der Waals surface area contributed by atoms with Crippen molar-refractivity contribution in [3.8, 4) is 22.6 Å². The third-order valence-electron chi connectivity index (χ3n) is 6.42. The van der Waals surface area contributed by atoms with Gasteiger partial charge in [-0.2, -0.15) is 0 Å². The molecule has 34 heavy (non-hydrogen) atoms. The van der Waals surface area contributed by atoms with Crippen LogP contribution < -0.4 is 4.74 Å². The van der Waals surface area contributed by atoms with Crippen LogP contribution in [0.15, 0.2) is 116 Å². The van der Waals surface area contributed by atoms with Gasteiger partial charge in [-0.1, -0.05) is 84.9 Å². The zero-order valence-corrected chi connectivity index (χ0v) is 19.0. The quantitative estimate of drug-likeness (QED) is 0.249. The summed E-state index contributed by atoms with van der Waals surface area (Å²) in [5.41, 5.74) is 2.36. The summed E-state index contributed by atoms with van der Waals surface area (Å²) in [4.78, 5) is 4.48. The number of pyridine rings is 1. The topological polar surface area (TPSA) is 22.1 Å². The Labute approximate surface area is 200 Å². The van der Waals surface area contributed by atoms with Crippen molar-refractivity contribution in [1.82, 2.24) is 4.98 Å². The van der Waals surface area contributed by atoms with E-state index in [1.54, 1.807) is 11.3 Å². The van der Waals surface area contributed by atoms with E-state index in [1.165, 1.54) is 31.3 Å². The molecule has 0 aliphatic heterocycles. The van der Waals surface area contributed by atoms with Crippen molar-refractivity contribution < 1.29 is 4.74 Å². The smallest absolute Gasteiger partial charge is 0.145 e. The molecular weight excluding hydrogens is 434 g/mol. The third-order valence-corrected chi connectivity index (χ3v) is 7.62. The summed E-state index contributed by atoms with van der Waals surface area (Å²) in [5, 5.41) is 6.91. The summed E-state index contributed by atoms with van der Waals surface area (Å²) in [6.45, 7) is 0. The van der Waals surface area contributed by atoms with Gasteiger partial charge in [-0.25, -0.2) is 0 Å². The van der Waals surface area contributed by atoms with Crippen LogP contribution in [0.3, 0.4) is 0 Å². The van der Waals surface area contributed by atoms with Gasteiger partial charge < -0.3 is 4.74 Å². The number of hydrogen-bond donors (Lipinski definition) is 0. The second-order valence-electron chi connectivity index (χ2n) is 8.37. The lowest BCUT2D eigenvalue weighted by Crippen LogP contribution is -1.92. The zero-order valence-electron chi connectivity index (χ0n) is 18.2. The van der Waals surface area contributed by atoms with E-state index < -0.39 is 0 Å². The zero-order chi connectivity index (χ0) is 22.5. The van der Waals surface area contributed by atoms with Crippen LogP contribution in [-0.2, 0) is 0 Å². The van der Waals surface area contributed by atoms with Crippen LogP contribution in [0.4, 0.5) is 0 Å². The van der Waals surface area contributed by atoms with E-state index in [-0.39, 0.29) is 0 Å². The highest BCUT2D eigenvalue weighted by molar-refractivity contribution is 7.26. The highest BCUT2D eigenvalue weighted by Gasteiger charge is 2.18. The molecule has 2 aromatic heterocycles. The van der Waals surface area contributed by atoms with Crippen molar-refractivity contribution in [1.29, 1.82) is 0 Å². The number of aromatic nitrogens is 1. The maximum atomic E-state index is 6.82. The molecule has 7 rings (SSSR count). The van der Waals surface area contributed by atoms with E-state index >= 15 is 0 Å². The first kappa shape index (κ1) is 19.3. The molecule has 0 aliphatic carbocycles. The predicted molar refractivity (Wildman–Crippen MR) is 144 cm³/mol. The minimum Gasteiger partial charge on any atom is -0.455 e. The molecule has 7 aromatic rings. The van der Waals surface area contributed by atoms with Gasteiger partial charge in [-0.05, 0) is 34.7 Å². The number of rotatable bonds is 3. The lowest BCUT2D eigenvalue weighted by Gasteiger charge is -2.17. The van der Waals surface area contributed by atoms with Crippen LogP contribution >= 0.6 is 11.3 Å². The second kappa shape index (κ2) is 7.68. The van der Waals surface area contributed by atoms with Crippen LogP contribution in [-0.4, -0.2) is 4.98 Å². The molecule has 0 amide bonds. The average molecular weight is 454 g/mol. The summed E-state index contributed by atoms with van der Waals surface area (Å²) in [6.07, 6.45) is 3.80. The van der Waals surface area contributed by atoms with E-state index in [2.05, 4.69) is 108 Å². The van der Waals surface area contributed by atoms with E-state index in [9.17, 15) is 0 Å². The van der Waals surface area contributed by atoms with Crippen molar-refractivity contribution in [2.75, 3.05) is 0 Å². The molecule has 0 fully saturated rings. The summed E-state index contributed by atoms with van der Waals surface area (Å²) in [5.74, 6) is 1.76. The lowest BCUT2D eigenvalue weighted by atomic mass is 9.92. The fourth-order valence-corrected chi connectivity index (χ4v) is 6.07. The molecule has 0 N–H and O–H groups in total. The largest absolute Gasteiger partial charge is 0.455 e. The number of benzene rings is 5. The van der Waals surface area contributed by atoms with Gasteiger partial charge in [0, 0.05) is 44.0 Å². The number of fused-ring (bicyclic) bond motifs is 5. The second-order valence-corrected chi connectivity index (χ2v) is 9.42. The minimum atomic E-state index is 0.873. The van der Waals surface area contributed by atoms with Crippen LogP contribution in [0.5, 0.6) is 11.5 Å². The Morgan fingerprint density at radius 2 is 1.26 bits per heavy atom. The van der Waals surface area contributed by atoms with Gasteiger partial charge in [-0.15, -0.1) is 11.3 Å². The molecule has 0 aliphatic rings. The van der Waals surface area contributed by atoms with Gasteiger partial charge in [-0.3, -0.25) is 4.98 Å².